The number of halogens is 1. The Morgan fingerprint density at radius 1 is 1.23 bits per heavy atom. The first-order chi connectivity index (χ1) is 19.2. The average molecular weight is 676 g/mol. The molecule has 0 radical (unpaired) electrons. The van der Waals surface area contributed by atoms with Crippen molar-refractivity contribution in [2.24, 2.45) is 0 Å². The molecular formula is C27H38IN3O9. The minimum absolute atomic E-state index is 0.00190. The monoisotopic (exact) mass is 675 g/mol. The number of Topliss-reactive ketones (excluding diaryl/α,β-unsaturated/α-hetero) is 1. The number of methoxy groups -OCH3 is 1. The largest absolute Gasteiger partial charge is 0.493 e. The number of nitrogens with one attached hydrogen (secondary N) is 1. The Morgan fingerprint density at radius 3 is 2.58 bits per heavy atom. The van der Waals surface area contributed by atoms with E-state index in [0.29, 0.717) is 53.5 Å². The molecule has 1 saturated heterocycles. The van der Waals surface area contributed by atoms with Gasteiger partial charge >= 0.3 is 0 Å². The van der Waals surface area contributed by atoms with Crippen LogP contribution in [0.2, 0.25) is 0 Å². The average Bonchev–Trinajstić information content (AvgIpc) is 2.97. The molecule has 0 saturated carbocycles. The van der Waals surface area contributed by atoms with Crippen molar-refractivity contribution in [3.8, 4) is 11.5 Å². The molecule has 13 heteroatoms. The van der Waals surface area contributed by atoms with Crippen molar-refractivity contribution in [1.82, 2.24) is 15.1 Å². The zero-order valence-electron chi connectivity index (χ0n) is 22.8. The molecule has 1 fully saturated rings. The highest BCUT2D eigenvalue weighted by Crippen LogP contribution is 2.37. The predicted molar refractivity (Wildman–Crippen MR) is 153 cm³/mol. The summed E-state index contributed by atoms with van der Waals surface area (Å²) in [6, 6.07) is 2.39. The van der Waals surface area contributed by atoms with Crippen molar-refractivity contribution in [3.63, 3.8) is 0 Å². The topological polar surface area (TPSA) is 158 Å². The van der Waals surface area contributed by atoms with Crippen LogP contribution in [0.5, 0.6) is 11.5 Å². The number of ketones is 1. The number of carbonyl (C=O) groups excluding carboxylic acids is 3. The van der Waals surface area contributed by atoms with Crippen molar-refractivity contribution < 1.29 is 43.9 Å². The molecule has 1 heterocycles. The van der Waals surface area contributed by atoms with Gasteiger partial charge in [-0.2, -0.15) is 0 Å². The molecule has 0 aromatic heterocycles. The van der Waals surface area contributed by atoms with Gasteiger partial charge < -0.3 is 39.7 Å². The van der Waals surface area contributed by atoms with Gasteiger partial charge in [-0.05, 0) is 46.4 Å². The molecule has 2 amide bonds. The van der Waals surface area contributed by atoms with Crippen LogP contribution < -0.4 is 14.8 Å². The van der Waals surface area contributed by atoms with Crippen LogP contribution in [0.1, 0.15) is 25.3 Å². The SMILES string of the molecule is CCC(=O)C(=O)N(CCN1CCOCC1)[C@@H]1CC(C(=O)NCCO)=C[C@H](Oc2c(I)cc(CO)cc2OC)[C@H]1O. The second kappa shape index (κ2) is 15.6. The molecule has 222 valence electrons. The van der Waals surface area contributed by atoms with Gasteiger partial charge in [0.15, 0.2) is 11.5 Å². The van der Waals surface area contributed by atoms with Gasteiger partial charge in [0.05, 0.1) is 43.1 Å². The Hall–Kier alpha value is -2.30. The van der Waals surface area contributed by atoms with E-state index >= 15 is 0 Å². The standard InChI is InChI=1S/C27H38IN3O9/c1-3-21(34)27(37)31(6-5-30-7-10-39-11-8-30)20-14-18(26(36)29-4-9-32)15-22(24(20)35)40-25-19(28)12-17(16-33)13-23(25)38-2/h12-13,15,20,22,24,32-33,35H,3-11,14,16H2,1-2H3,(H,29,36)/t20-,22+,24+/m1/s1. The zero-order valence-corrected chi connectivity index (χ0v) is 25.0. The van der Waals surface area contributed by atoms with E-state index in [9.17, 15) is 29.7 Å². The predicted octanol–water partition coefficient (Wildman–Crippen LogP) is -0.152. The molecule has 0 unspecified atom stereocenters. The maximum atomic E-state index is 13.3. The van der Waals surface area contributed by atoms with Crippen LogP contribution in [-0.4, -0.2) is 121 Å². The van der Waals surface area contributed by atoms with Crippen LogP contribution in [0.25, 0.3) is 0 Å². The van der Waals surface area contributed by atoms with E-state index in [2.05, 4.69) is 10.2 Å². The van der Waals surface area contributed by atoms with Crippen LogP contribution in [0.3, 0.4) is 0 Å². The molecule has 1 aromatic rings. The summed E-state index contributed by atoms with van der Waals surface area (Å²) >= 11 is 2.03. The first-order valence-electron chi connectivity index (χ1n) is 13.3. The summed E-state index contributed by atoms with van der Waals surface area (Å²) in [4.78, 5) is 42.4. The fraction of sp³-hybridized carbons (Fsp3) is 0.593. The van der Waals surface area contributed by atoms with Crippen LogP contribution in [0.15, 0.2) is 23.8 Å². The molecule has 40 heavy (non-hydrogen) atoms. The van der Waals surface area contributed by atoms with E-state index in [1.54, 1.807) is 19.1 Å². The van der Waals surface area contributed by atoms with Gasteiger partial charge in [0.25, 0.3) is 5.91 Å². The minimum Gasteiger partial charge on any atom is -0.493 e. The molecule has 0 bridgehead atoms. The lowest BCUT2D eigenvalue weighted by atomic mass is 9.87. The summed E-state index contributed by atoms with van der Waals surface area (Å²) in [6.45, 7) is 4.28. The van der Waals surface area contributed by atoms with Crippen LogP contribution >= 0.6 is 22.6 Å². The fourth-order valence-electron chi connectivity index (χ4n) is 4.70. The second-order valence-corrected chi connectivity index (χ2v) is 10.7. The second-order valence-electron chi connectivity index (χ2n) is 9.51. The van der Waals surface area contributed by atoms with Crippen LogP contribution in [0, 0.1) is 3.57 Å². The number of hydrogen-bond acceptors (Lipinski definition) is 10. The third-order valence-corrected chi connectivity index (χ3v) is 7.72. The summed E-state index contributed by atoms with van der Waals surface area (Å²) < 4.78 is 17.7. The molecule has 1 aliphatic heterocycles. The van der Waals surface area contributed by atoms with Crippen molar-refractivity contribution in [1.29, 1.82) is 0 Å². The quantitative estimate of drug-likeness (QED) is 0.164. The number of ether oxygens (including phenoxy) is 3. The molecular weight excluding hydrogens is 637 g/mol. The lowest BCUT2D eigenvalue weighted by Crippen LogP contribution is -2.58. The smallest absolute Gasteiger partial charge is 0.290 e. The van der Waals surface area contributed by atoms with E-state index in [0.717, 1.165) is 0 Å². The highest BCUT2D eigenvalue weighted by molar-refractivity contribution is 14.1. The number of amides is 2. The normalized spacial score (nSPS) is 21.4. The Morgan fingerprint density at radius 2 is 1.95 bits per heavy atom. The summed E-state index contributed by atoms with van der Waals surface area (Å²) in [5.74, 6) is -1.17. The van der Waals surface area contributed by atoms with Gasteiger partial charge in [0.2, 0.25) is 11.7 Å². The first kappa shape index (κ1) is 32.2. The van der Waals surface area contributed by atoms with Crippen molar-refractivity contribution in [2.75, 3.05) is 59.7 Å². The molecule has 3 rings (SSSR count). The first-order valence-corrected chi connectivity index (χ1v) is 14.4. The Bertz CT molecular complexity index is 1080. The highest BCUT2D eigenvalue weighted by Gasteiger charge is 2.42. The maximum absolute atomic E-state index is 13.3. The van der Waals surface area contributed by atoms with E-state index in [1.807, 2.05) is 22.6 Å². The zero-order chi connectivity index (χ0) is 29.2. The molecule has 4 N–H and O–H groups in total. The van der Waals surface area contributed by atoms with E-state index in [-0.39, 0.29) is 44.7 Å². The number of aliphatic hydroxyl groups is 3. The van der Waals surface area contributed by atoms with Gasteiger partial charge in [0.1, 0.15) is 12.2 Å². The number of benzene rings is 1. The number of aliphatic hydroxyl groups excluding tert-OH is 3. The van der Waals surface area contributed by atoms with Gasteiger partial charge in [-0.1, -0.05) is 6.92 Å². The molecule has 3 atom stereocenters. The molecule has 2 aliphatic rings. The van der Waals surface area contributed by atoms with Gasteiger partial charge in [-0.3, -0.25) is 19.3 Å². The summed E-state index contributed by atoms with van der Waals surface area (Å²) in [7, 11) is 1.45. The Kier molecular flexibility index (Phi) is 12.6. The summed E-state index contributed by atoms with van der Waals surface area (Å²) in [6.07, 6.45) is -0.878. The molecule has 0 spiro atoms. The van der Waals surface area contributed by atoms with Crippen molar-refractivity contribution in [2.45, 2.75) is 44.6 Å². The summed E-state index contributed by atoms with van der Waals surface area (Å²) in [5.41, 5.74) is 0.857. The maximum Gasteiger partial charge on any atom is 0.290 e. The minimum atomic E-state index is -1.29. The van der Waals surface area contributed by atoms with Crippen molar-refractivity contribution >= 4 is 40.2 Å². The molecule has 1 aromatic carbocycles. The highest BCUT2D eigenvalue weighted by atomic mass is 127. The van der Waals surface area contributed by atoms with Crippen LogP contribution in [0.4, 0.5) is 0 Å². The van der Waals surface area contributed by atoms with Gasteiger partial charge in [-0.25, -0.2) is 0 Å². The van der Waals surface area contributed by atoms with Crippen LogP contribution in [-0.2, 0) is 25.7 Å². The van der Waals surface area contributed by atoms with E-state index < -0.39 is 35.8 Å². The third kappa shape index (κ3) is 8.13. The lowest BCUT2D eigenvalue weighted by molar-refractivity contribution is -0.149. The van der Waals surface area contributed by atoms with Gasteiger partial charge in [-0.15, -0.1) is 0 Å². The van der Waals surface area contributed by atoms with E-state index in [1.165, 1.54) is 18.1 Å². The number of nitrogens with zero attached hydrogens (tertiary/aromatic N) is 2. The fourth-order valence-corrected chi connectivity index (χ4v) is 5.49. The number of rotatable bonds is 13. The molecule has 1 aliphatic carbocycles. The number of morpholine rings is 1. The van der Waals surface area contributed by atoms with Gasteiger partial charge in [0, 0.05) is 51.1 Å². The van der Waals surface area contributed by atoms with Crippen molar-refractivity contribution in [3.05, 3.63) is 32.9 Å². The lowest BCUT2D eigenvalue weighted by Gasteiger charge is -2.41. The Balaban J connectivity index is 1.97. The summed E-state index contributed by atoms with van der Waals surface area (Å²) in [5, 5.41) is 33.0. The Labute approximate surface area is 247 Å². The number of hydrogen-bond donors (Lipinski definition) is 4. The third-order valence-electron chi connectivity index (χ3n) is 6.92. The van der Waals surface area contributed by atoms with E-state index in [4.69, 9.17) is 14.2 Å². The molecule has 12 nitrogen and oxygen atoms in total. The number of carbonyl (C=O) groups is 3.